The Morgan fingerprint density at radius 3 is 2.94 bits per heavy atom. The first-order valence-electron chi connectivity index (χ1n) is 5.99. The van der Waals surface area contributed by atoms with Crippen molar-refractivity contribution in [2.75, 3.05) is 25.0 Å². The zero-order valence-electron chi connectivity index (χ0n) is 10.3. The van der Waals surface area contributed by atoms with Crippen molar-refractivity contribution in [1.82, 2.24) is 15.3 Å². The lowest BCUT2D eigenvalue weighted by atomic mass is 10.2. The fourth-order valence-corrected chi connectivity index (χ4v) is 2.11. The molecule has 1 aromatic heterocycles. The minimum absolute atomic E-state index is 0.569. The van der Waals surface area contributed by atoms with Crippen LogP contribution in [0, 0.1) is 6.92 Å². The van der Waals surface area contributed by atoms with E-state index >= 15 is 0 Å². The molecule has 16 heavy (non-hydrogen) atoms. The zero-order valence-corrected chi connectivity index (χ0v) is 10.3. The molecule has 0 bridgehead atoms. The molecule has 1 aliphatic heterocycles. The van der Waals surface area contributed by atoms with Gasteiger partial charge in [0.2, 0.25) is 0 Å². The molecule has 1 unspecified atom stereocenters. The summed E-state index contributed by atoms with van der Waals surface area (Å²) in [4.78, 5) is 11.3. The molecule has 1 atom stereocenters. The van der Waals surface area contributed by atoms with E-state index in [2.05, 4.69) is 40.2 Å². The zero-order chi connectivity index (χ0) is 11.5. The Bertz CT molecular complexity index is 358. The van der Waals surface area contributed by atoms with Gasteiger partial charge >= 0.3 is 0 Å². The Kier molecular flexibility index (Phi) is 3.39. The van der Waals surface area contributed by atoms with Gasteiger partial charge in [0.05, 0.1) is 0 Å². The van der Waals surface area contributed by atoms with Gasteiger partial charge in [-0.3, -0.25) is 0 Å². The van der Waals surface area contributed by atoms with Gasteiger partial charge in [-0.15, -0.1) is 0 Å². The first-order chi connectivity index (χ1) is 7.70. The number of hydrogen-bond donors (Lipinski definition) is 1. The minimum Gasteiger partial charge on any atom is -0.355 e. The highest BCUT2D eigenvalue weighted by atomic mass is 15.2. The maximum atomic E-state index is 4.58. The molecule has 0 spiro atoms. The van der Waals surface area contributed by atoms with Crippen molar-refractivity contribution in [1.29, 1.82) is 0 Å². The van der Waals surface area contributed by atoms with Crippen LogP contribution in [0.2, 0.25) is 0 Å². The summed E-state index contributed by atoms with van der Waals surface area (Å²) in [5.74, 6) is 1.99. The van der Waals surface area contributed by atoms with Crippen molar-refractivity contribution in [3.8, 4) is 0 Å². The molecular formula is C12H20N4. The maximum Gasteiger partial charge on any atom is 0.132 e. The van der Waals surface area contributed by atoms with Gasteiger partial charge in [0.25, 0.3) is 0 Å². The summed E-state index contributed by atoms with van der Waals surface area (Å²) < 4.78 is 0. The number of hydrogen-bond acceptors (Lipinski definition) is 4. The molecule has 0 radical (unpaired) electrons. The van der Waals surface area contributed by atoms with E-state index in [9.17, 15) is 0 Å². The molecule has 1 saturated heterocycles. The Labute approximate surface area is 97.1 Å². The Morgan fingerprint density at radius 1 is 1.50 bits per heavy atom. The summed E-state index contributed by atoms with van der Waals surface area (Å²) in [5.41, 5.74) is 1.06. The van der Waals surface area contributed by atoms with Gasteiger partial charge in [-0.1, -0.05) is 6.92 Å². The van der Waals surface area contributed by atoms with Crippen LogP contribution in [0.4, 0.5) is 5.82 Å². The van der Waals surface area contributed by atoms with Gasteiger partial charge in [-0.05, 0) is 19.9 Å². The van der Waals surface area contributed by atoms with Crippen molar-refractivity contribution in [2.45, 2.75) is 32.7 Å². The van der Waals surface area contributed by atoms with Gasteiger partial charge in [0.1, 0.15) is 11.6 Å². The van der Waals surface area contributed by atoms with Crippen LogP contribution in [-0.2, 0) is 6.42 Å². The summed E-state index contributed by atoms with van der Waals surface area (Å²) in [6, 6.07) is 2.64. The van der Waals surface area contributed by atoms with E-state index in [0.29, 0.717) is 6.04 Å². The molecule has 0 aromatic carbocycles. The molecule has 1 N–H and O–H groups in total. The van der Waals surface area contributed by atoms with E-state index in [4.69, 9.17) is 0 Å². The quantitative estimate of drug-likeness (QED) is 0.829. The number of aromatic nitrogens is 2. The molecule has 2 heterocycles. The molecule has 4 nitrogen and oxygen atoms in total. The molecule has 0 amide bonds. The highest BCUT2D eigenvalue weighted by Crippen LogP contribution is 2.17. The van der Waals surface area contributed by atoms with Crippen LogP contribution in [0.3, 0.4) is 0 Å². The Balaban J connectivity index is 2.21. The highest BCUT2D eigenvalue weighted by Gasteiger charge is 2.20. The summed E-state index contributed by atoms with van der Waals surface area (Å²) >= 11 is 0. The number of rotatable bonds is 3. The topological polar surface area (TPSA) is 41.1 Å². The van der Waals surface area contributed by atoms with Gasteiger partial charge in [-0.2, -0.15) is 0 Å². The van der Waals surface area contributed by atoms with Crippen LogP contribution in [0.25, 0.3) is 0 Å². The minimum atomic E-state index is 0.569. The normalized spacial score (nSPS) is 20.1. The lowest BCUT2D eigenvalue weighted by Crippen LogP contribution is -2.34. The van der Waals surface area contributed by atoms with Crippen molar-refractivity contribution in [3.05, 3.63) is 17.6 Å². The fraction of sp³-hybridized carbons (Fsp3) is 0.667. The monoisotopic (exact) mass is 220 g/mol. The average Bonchev–Trinajstić information content (AvgIpc) is 2.80. The van der Waals surface area contributed by atoms with Crippen LogP contribution in [0.15, 0.2) is 6.07 Å². The molecule has 2 rings (SSSR count). The van der Waals surface area contributed by atoms with Gasteiger partial charge in [0, 0.05) is 37.8 Å². The lowest BCUT2D eigenvalue weighted by molar-refractivity contribution is 0.673. The Morgan fingerprint density at radius 2 is 2.31 bits per heavy atom. The average molecular weight is 220 g/mol. The molecule has 0 aliphatic carbocycles. The summed E-state index contributed by atoms with van der Waals surface area (Å²) in [6.07, 6.45) is 2.09. The van der Waals surface area contributed by atoms with E-state index in [1.165, 1.54) is 6.42 Å². The number of aryl methyl sites for hydroxylation is 2. The first kappa shape index (κ1) is 11.3. The third-order valence-electron chi connectivity index (χ3n) is 3.15. The predicted octanol–water partition coefficient (Wildman–Crippen LogP) is 1.15. The van der Waals surface area contributed by atoms with Crippen LogP contribution < -0.4 is 10.2 Å². The second-order valence-electron chi connectivity index (χ2n) is 4.39. The molecule has 1 fully saturated rings. The third-order valence-corrected chi connectivity index (χ3v) is 3.15. The number of nitrogens with zero attached hydrogens (tertiary/aromatic N) is 3. The molecular weight excluding hydrogens is 200 g/mol. The number of nitrogens with one attached hydrogen (secondary N) is 1. The van der Waals surface area contributed by atoms with Crippen LogP contribution >= 0.6 is 0 Å². The van der Waals surface area contributed by atoms with E-state index in [0.717, 1.165) is 36.8 Å². The Hall–Kier alpha value is -1.16. The largest absolute Gasteiger partial charge is 0.355 e. The van der Waals surface area contributed by atoms with E-state index in [-0.39, 0.29) is 0 Å². The molecule has 88 valence electrons. The van der Waals surface area contributed by atoms with E-state index < -0.39 is 0 Å². The predicted molar refractivity (Wildman–Crippen MR) is 65.8 cm³/mol. The lowest BCUT2D eigenvalue weighted by Gasteiger charge is -2.25. The molecule has 1 aromatic rings. The molecule has 4 heteroatoms. The second-order valence-corrected chi connectivity index (χ2v) is 4.39. The summed E-state index contributed by atoms with van der Waals surface area (Å²) in [7, 11) is 2.12. The summed E-state index contributed by atoms with van der Waals surface area (Å²) in [5, 5.41) is 3.38. The third kappa shape index (κ3) is 2.32. The van der Waals surface area contributed by atoms with E-state index in [1.807, 2.05) is 6.92 Å². The molecule has 1 aliphatic rings. The smallest absolute Gasteiger partial charge is 0.132 e. The number of anilines is 1. The number of likely N-dealkylation sites (N-methyl/N-ethyl adjacent to an activating group) is 1. The van der Waals surface area contributed by atoms with Crippen LogP contribution in [0.5, 0.6) is 0 Å². The maximum absolute atomic E-state index is 4.58. The standard InChI is InChI=1S/C12H20N4/c1-4-11-14-9(2)7-12(15-11)16(3)10-5-6-13-8-10/h7,10,13H,4-6,8H2,1-3H3. The fourth-order valence-electron chi connectivity index (χ4n) is 2.11. The highest BCUT2D eigenvalue weighted by molar-refractivity contribution is 5.40. The van der Waals surface area contributed by atoms with Gasteiger partial charge in [-0.25, -0.2) is 9.97 Å². The van der Waals surface area contributed by atoms with Crippen molar-refractivity contribution < 1.29 is 0 Å². The first-order valence-corrected chi connectivity index (χ1v) is 5.99. The van der Waals surface area contributed by atoms with E-state index in [1.54, 1.807) is 0 Å². The van der Waals surface area contributed by atoms with Crippen LogP contribution in [-0.4, -0.2) is 36.1 Å². The molecule has 0 saturated carbocycles. The van der Waals surface area contributed by atoms with Crippen molar-refractivity contribution >= 4 is 5.82 Å². The SMILES string of the molecule is CCc1nc(C)cc(N(C)C2CCNC2)n1. The van der Waals surface area contributed by atoms with Crippen molar-refractivity contribution in [3.63, 3.8) is 0 Å². The second kappa shape index (κ2) is 4.78. The van der Waals surface area contributed by atoms with Crippen molar-refractivity contribution in [2.24, 2.45) is 0 Å². The summed E-state index contributed by atoms with van der Waals surface area (Å²) in [6.45, 7) is 6.29. The van der Waals surface area contributed by atoms with Gasteiger partial charge in [0.15, 0.2) is 0 Å². The van der Waals surface area contributed by atoms with Crippen LogP contribution in [0.1, 0.15) is 24.9 Å². The van der Waals surface area contributed by atoms with Gasteiger partial charge < -0.3 is 10.2 Å².